The van der Waals surface area contributed by atoms with E-state index in [4.69, 9.17) is 11.6 Å². The summed E-state index contributed by atoms with van der Waals surface area (Å²) in [5, 5.41) is 6.34. The highest BCUT2D eigenvalue weighted by atomic mass is 35.5. The van der Waals surface area contributed by atoms with Gasteiger partial charge in [-0.1, -0.05) is 25.4 Å². The van der Waals surface area contributed by atoms with Crippen LogP contribution in [0.25, 0.3) is 11.4 Å². The van der Waals surface area contributed by atoms with Crippen LogP contribution in [0.5, 0.6) is 0 Å². The first-order valence-electron chi connectivity index (χ1n) is 9.42. The molecule has 1 aromatic carbocycles. The molecule has 2 heterocycles. The summed E-state index contributed by atoms with van der Waals surface area (Å²) in [5.41, 5.74) is -1.03. The number of halogens is 4. The van der Waals surface area contributed by atoms with Gasteiger partial charge in [0.25, 0.3) is 11.5 Å². The van der Waals surface area contributed by atoms with E-state index < -0.39 is 28.9 Å². The Bertz CT molecular complexity index is 1160. The van der Waals surface area contributed by atoms with Crippen LogP contribution >= 0.6 is 11.6 Å². The first kappa shape index (κ1) is 22.6. The Balaban J connectivity index is 2.01. The number of nitrogens with zero attached hydrogens (tertiary/aromatic N) is 3. The maximum Gasteiger partial charge on any atom is 0.434 e. The molecular formula is C21H20ClF3N4O2. The first-order chi connectivity index (χ1) is 14.5. The second kappa shape index (κ2) is 8.58. The minimum atomic E-state index is -4.80. The fourth-order valence-corrected chi connectivity index (χ4v) is 3.09. The molecule has 0 aliphatic rings. The van der Waals surface area contributed by atoms with Gasteiger partial charge in [0.05, 0.1) is 17.4 Å². The Hall–Kier alpha value is -3.07. The molecule has 0 aliphatic carbocycles. The fraction of sp³-hybridized carbons (Fsp3) is 0.286. The van der Waals surface area contributed by atoms with E-state index in [-0.39, 0.29) is 23.2 Å². The van der Waals surface area contributed by atoms with E-state index in [2.05, 4.69) is 10.4 Å². The monoisotopic (exact) mass is 452 g/mol. The summed E-state index contributed by atoms with van der Waals surface area (Å²) in [7, 11) is 0. The summed E-state index contributed by atoms with van der Waals surface area (Å²) in [6.45, 7) is 5.61. The molecule has 0 saturated carbocycles. The van der Waals surface area contributed by atoms with Crippen molar-refractivity contribution in [2.45, 2.75) is 26.9 Å². The predicted molar refractivity (Wildman–Crippen MR) is 111 cm³/mol. The van der Waals surface area contributed by atoms with Gasteiger partial charge < -0.3 is 5.32 Å². The smallest absolute Gasteiger partial charge is 0.352 e. The zero-order chi connectivity index (χ0) is 22.9. The Labute approximate surface area is 181 Å². The summed E-state index contributed by atoms with van der Waals surface area (Å²) in [5.74, 6) is -0.760. The van der Waals surface area contributed by atoms with Crippen LogP contribution in [-0.2, 0) is 6.18 Å². The van der Waals surface area contributed by atoms with Crippen LogP contribution in [0.1, 0.15) is 35.5 Å². The van der Waals surface area contributed by atoms with Gasteiger partial charge in [-0.15, -0.1) is 0 Å². The largest absolute Gasteiger partial charge is 0.434 e. The van der Waals surface area contributed by atoms with E-state index >= 15 is 0 Å². The Kier molecular flexibility index (Phi) is 6.26. The van der Waals surface area contributed by atoms with Gasteiger partial charge in [0.1, 0.15) is 5.02 Å². The number of nitrogens with one attached hydrogen (secondary N) is 1. The van der Waals surface area contributed by atoms with Crippen molar-refractivity contribution < 1.29 is 18.0 Å². The minimum absolute atomic E-state index is 0.0649. The molecule has 10 heteroatoms. The van der Waals surface area contributed by atoms with Gasteiger partial charge in [-0.3, -0.25) is 14.2 Å². The SMILES string of the molecule is Cc1ccn(-c2ccc(-n3ncc(C(=O)NCC(C)C)c3C(F)(F)F)cc2)c(=O)c1Cl. The number of hydrogen-bond donors (Lipinski definition) is 1. The molecule has 6 nitrogen and oxygen atoms in total. The molecule has 31 heavy (non-hydrogen) atoms. The average molecular weight is 453 g/mol. The second-order valence-corrected chi connectivity index (χ2v) is 7.80. The van der Waals surface area contributed by atoms with E-state index in [1.54, 1.807) is 13.0 Å². The fourth-order valence-electron chi connectivity index (χ4n) is 2.93. The Morgan fingerprint density at radius 2 is 1.77 bits per heavy atom. The number of carbonyl (C=O) groups excluding carboxylic acids is 1. The van der Waals surface area contributed by atoms with Crippen molar-refractivity contribution in [3.8, 4) is 11.4 Å². The second-order valence-electron chi connectivity index (χ2n) is 7.42. The number of rotatable bonds is 5. The van der Waals surface area contributed by atoms with Crippen LogP contribution in [0.15, 0.2) is 47.5 Å². The van der Waals surface area contributed by atoms with Crippen LogP contribution in [0.4, 0.5) is 13.2 Å². The predicted octanol–water partition coefficient (Wildman–Crippen LogP) is 4.39. The van der Waals surface area contributed by atoms with Gasteiger partial charge in [-0.2, -0.15) is 18.3 Å². The van der Waals surface area contributed by atoms with Crippen LogP contribution in [0, 0.1) is 12.8 Å². The number of pyridine rings is 1. The van der Waals surface area contributed by atoms with Crippen molar-refractivity contribution in [2.75, 3.05) is 6.54 Å². The van der Waals surface area contributed by atoms with E-state index in [9.17, 15) is 22.8 Å². The number of amides is 1. The van der Waals surface area contributed by atoms with E-state index in [1.807, 2.05) is 13.8 Å². The molecule has 0 aliphatic heterocycles. The summed E-state index contributed by atoms with van der Waals surface area (Å²) in [6.07, 6.45) is -2.37. The number of benzene rings is 1. The normalized spacial score (nSPS) is 11.7. The third-order valence-corrected chi connectivity index (χ3v) is 5.01. The number of aryl methyl sites for hydroxylation is 1. The zero-order valence-corrected chi connectivity index (χ0v) is 17.8. The summed E-state index contributed by atoms with van der Waals surface area (Å²) < 4.78 is 43.3. The Morgan fingerprint density at radius 1 is 1.16 bits per heavy atom. The lowest BCUT2D eigenvalue weighted by atomic mass is 10.2. The summed E-state index contributed by atoms with van der Waals surface area (Å²) in [4.78, 5) is 24.6. The van der Waals surface area contributed by atoms with Crippen LogP contribution < -0.4 is 10.9 Å². The minimum Gasteiger partial charge on any atom is -0.352 e. The molecule has 0 bridgehead atoms. The van der Waals surface area contributed by atoms with Crippen LogP contribution in [0.3, 0.4) is 0 Å². The van der Waals surface area contributed by atoms with Crippen molar-refractivity contribution >= 4 is 17.5 Å². The topological polar surface area (TPSA) is 68.9 Å². The maximum atomic E-state index is 13.8. The highest BCUT2D eigenvalue weighted by Gasteiger charge is 2.40. The van der Waals surface area contributed by atoms with E-state index in [0.29, 0.717) is 15.9 Å². The van der Waals surface area contributed by atoms with Crippen LogP contribution in [0.2, 0.25) is 5.02 Å². The number of alkyl halides is 3. The number of carbonyl (C=O) groups is 1. The standard InChI is InChI=1S/C21H20ClF3N4O2/c1-12(2)10-26-19(30)16-11-27-29(18(16)21(23,24)25)15-6-4-14(5-7-15)28-9-8-13(3)17(22)20(28)31/h4-9,11-12H,10H2,1-3H3,(H,26,30). The lowest BCUT2D eigenvalue weighted by molar-refractivity contribution is -0.143. The third kappa shape index (κ3) is 4.66. The lowest BCUT2D eigenvalue weighted by Crippen LogP contribution is -2.29. The van der Waals surface area contributed by atoms with Gasteiger partial charge >= 0.3 is 6.18 Å². The summed E-state index contributed by atoms with van der Waals surface area (Å²) in [6, 6.07) is 7.38. The molecule has 2 aromatic heterocycles. The maximum absolute atomic E-state index is 13.8. The van der Waals surface area contributed by atoms with Gasteiger partial charge in [-0.05, 0) is 48.7 Å². The molecule has 0 unspecified atom stereocenters. The number of aromatic nitrogens is 3. The molecule has 0 saturated heterocycles. The average Bonchev–Trinajstić information content (AvgIpc) is 3.16. The molecule has 0 radical (unpaired) electrons. The third-order valence-electron chi connectivity index (χ3n) is 4.55. The molecule has 3 rings (SSSR count). The van der Waals surface area contributed by atoms with E-state index in [1.165, 1.54) is 35.0 Å². The number of hydrogen-bond acceptors (Lipinski definition) is 3. The highest BCUT2D eigenvalue weighted by Crippen LogP contribution is 2.33. The Morgan fingerprint density at radius 3 is 2.35 bits per heavy atom. The van der Waals surface area contributed by atoms with Crippen LogP contribution in [-0.4, -0.2) is 26.8 Å². The first-order valence-corrected chi connectivity index (χ1v) is 9.80. The molecule has 0 fully saturated rings. The lowest BCUT2D eigenvalue weighted by Gasteiger charge is -2.14. The quantitative estimate of drug-likeness (QED) is 0.624. The molecular weight excluding hydrogens is 433 g/mol. The highest BCUT2D eigenvalue weighted by molar-refractivity contribution is 6.31. The van der Waals surface area contributed by atoms with Crippen molar-refractivity contribution in [1.82, 2.24) is 19.7 Å². The van der Waals surface area contributed by atoms with Crippen molar-refractivity contribution in [1.29, 1.82) is 0 Å². The molecule has 0 spiro atoms. The van der Waals surface area contributed by atoms with Crippen molar-refractivity contribution in [2.24, 2.45) is 5.92 Å². The van der Waals surface area contributed by atoms with Gasteiger partial charge in [0.2, 0.25) is 0 Å². The van der Waals surface area contributed by atoms with Gasteiger partial charge in [0.15, 0.2) is 5.69 Å². The van der Waals surface area contributed by atoms with Gasteiger partial charge in [0, 0.05) is 18.4 Å². The van der Waals surface area contributed by atoms with E-state index in [0.717, 1.165) is 6.20 Å². The molecule has 1 N–H and O–H groups in total. The summed E-state index contributed by atoms with van der Waals surface area (Å²) >= 11 is 6.00. The molecule has 1 amide bonds. The zero-order valence-electron chi connectivity index (χ0n) is 17.0. The molecule has 3 aromatic rings. The van der Waals surface area contributed by atoms with Crippen molar-refractivity contribution in [3.05, 3.63) is 74.9 Å². The molecule has 164 valence electrons. The molecule has 0 atom stereocenters. The van der Waals surface area contributed by atoms with Crippen molar-refractivity contribution in [3.63, 3.8) is 0 Å². The van der Waals surface area contributed by atoms with Gasteiger partial charge in [-0.25, -0.2) is 4.68 Å².